The van der Waals surface area contributed by atoms with Gasteiger partial charge in [-0.3, -0.25) is 14.5 Å². The maximum absolute atomic E-state index is 13.6. The lowest BCUT2D eigenvalue weighted by atomic mass is 10.1. The molecule has 0 spiro atoms. The van der Waals surface area contributed by atoms with Crippen molar-refractivity contribution in [2.45, 2.75) is 6.42 Å². The maximum Gasteiger partial charge on any atom is 0.278 e. The zero-order valence-electron chi connectivity index (χ0n) is 16.2. The van der Waals surface area contributed by atoms with Crippen LogP contribution in [-0.2, 0) is 16.0 Å². The van der Waals surface area contributed by atoms with Crippen molar-refractivity contribution in [2.75, 3.05) is 19.0 Å². The number of imide groups is 1. The minimum atomic E-state index is -0.425. The van der Waals surface area contributed by atoms with Crippen LogP contribution in [0.15, 0.2) is 71.7 Å². The highest BCUT2D eigenvalue weighted by Crippen LogP contribution is 2.33. The van der Waals surface area contributed by atoms with Crippen LogP contribution in [0, 0.1) is 5.82 Å². The molecule has 0 unspecified atom stereocenters. The summed E-state index contributed by atoms with van der Waals surface area (Å²) < 4.78 is 18.8. The first-order valence-corrected chi connectivity index (χ1v) is 10.2. The van der Waals surface area contributed by atoms with E-state index in [2.05, 4.69) is 5.32 Å². The number of hydrogen-bond donors (Lipinski definition) is 1. The zero-order chi connectivity index (χ0) is 21.1. The number of hydrogen-bond acceptors (Lipinski definition) is 5. The normalized spacial score (nSPS) is 13.9. The Morgan fingerprint density at radius 2 is 1.83 bits per heavy atom. The molecular formula is C23H19FN2O3S. The second kappa shape index (κ2) is 8.51. The van der Waals surface area contributed by atoms with Crippen LogP contribution in [0.25, 0.3) is 5.57 Å². The summed E-state index contributed by atoms with van der Waals surface area (Å²) >= 11 is 1.38. The van der Waals surface area contributed by atoms with Gasteiger partial charge in [0.2, 0.25) is 0 Å². The summed E-state index contributed by atoms with van der Waals surface area (Å²) in [6, 6.07) is 16.9. The van der Waals surface area contributed by atoms with Gasteiger partial charge in [-0.2, -0.15) is 0 Å². The SMILES string of the molecule is COc1ccc(CCN2C(=O)C(Nc3cccc(F)c3)=C(c3cccs3)C2=O)cc1. The van der Waals surface area contributed by atoms with Crippen LogP contribution in [0.1, 0.15) is 10.4 Å². The van der Waals surface area contributed by atoms with Gasteiger partial charge in [0, 0.05) is 17.1 Å². The second-order valence-electron chi connectivity index (χ2n) is 6.72. The number of methoxy groups -OCH3 is 1. The van der Waals surface area contributed by atoms with Crippen LogP contribution in [0.3, 0.4) is 0 Å². The molecule has 0 saturated carbocycles. The molecule has 7 heteroatoms. The molecule has 30 heavy (non-hydrogen) atoms. The average Bonchev–Trinajstić information content (AvgIpc) is 3.35. The third-order valence-electron chi connectivity index (χ3n) is 4.81. The Morgan fingerprint density at radius 3 is 2.50 bits per heavy atom. The molecule has 4 rings (SSSR count). The van der Waals surface area contributed by atoms with Gasteiger partial charge < -0.3 is 10.1 Å². The number of ether oxygens (including phenoxy) is 1. The van der Waals surface area contributed by atoms with E-state index in [-0.39, 0.29) is 18.1 Å². The quantitative estimate of drug-likeness (QED) is 0.576. The lowest BCUT2D eigenvalue weighted by Crippen LogP contribution is -2.34. The van der Waals surface area contributed by atoms with Crippen molar-refractivity contribution in [2.24, 2.45) is 0 Å². The van der Waals surface area contributed by atoms with Crippen LogP contribution < -0.4 is 10.1 Å². The van der Waals surface area contributed by atoms with E-state index >= 15 is 0 Å². The topological polar surface area (TPSA) is 58.6 Å². The number of benzene rings is 2. The zero-order valence-corrected chi connectivity index (χ0v) is 17.0. The third kappa shape index (κ3) is 3.97. The number of carbonyl (C=O) groups excluding carboxylic acids is 2. The Labute approximate surface area is 177 Å². The smallest absolute Gasteiger partial charge is 0.278 e. The molecule has 3 aromatic rings. The van der Waals surface area contributed by atoms with Gasteiger partial charge in [-0.25, -0.2) is 4.39 Å². The van der Waals surface area contributed by atoms with Crippen molar-refractivity contribution in [3.63, 3.8) is 0 Å². The van der Waals surface area contributed by atoms with E-state index in [9.17, 15) is 14.0 Å². The van der Waals surface area contributed by atoms with E-state index in [4.69, 9.17) is 4.74 Å². The highest BCUT2D eigenvalue weighted by molar-refractivity contribution is 7.11. The van der Waals surface area contributed by atoms with Crippen molar-refractivity contribution >= 4 is 34.4 Å². The molecule has 1 N–H and O–H groups in total. The van der Waals surface area contributed by atoms with Gasteiger partial charge in [-0.1, -0.05) is 24.3 Å². The highest BCUT2D eigenvalue weighted by atomic mass is 32.1. The average molecular weight is 422 g/mol. The molecule has 2 aromatic carbocycles. The molecule has 0 radical (unpaired) electrons. The third-order valence-corrected chi connectivity index (χ3v) is 5.70. The summed E-state index contributed by atoms with van der Waals surface area (Å²) in [5.74, 6) is -0.447. The minimum Gasteiger partial charge on any atom is -0.497 e. The summed E-state index contributed by atoms with van der Waals surface area (Å²) in [5.41, 5.74) is 1.88. The number of rotatable bonds is 7. The molecule has 0 fully saturated rings. The summed E-state index contributed by atoms with van der Waals surface area (Å²) in [7, 11) is 1.60. The van der Waals surface area contributed by atoms with Crippen molar-refractivity contribution in [3.8, 4) is 5.75 Å². The first-order chi connectivity index (χ1) is 14.6. The number of amides is 2. The molecule has 5 nitrogen and oxygen atoms in total. The van der Waals surface area contributed by atoms with E-state index in [1.165, 1.54) is 28.4 Å². The standard InChI is InChI=1S/C23H19FN2O3S/c1-29-18-9-7-15(8-10-18)11-12-26-22(27)20(19-6-3-13-30-19)21(23(26)28)25-17-5-2-4-16(24)14-17/h2-10,13-14,25H,11-12H2,1H3. The van der Waals surface area contributed by atoms with Crippen molar-refractivity contribution < 1.29 is 18.7 Å². The summed E-state index contributed by atoms with van der Waals surface area (Å²) in [5, 5.41) is 4.81. The molecule has 0 aliphatic carbocycles. The Hall–Kier alpha value is -3.45. The fourth-order valence-corrected chi connectivity index (χ4v) is 4.06. The molecule has 0 bridgehead atoms. The molecule has 152 valence electrons. The summed E-state index contributed by atoms with van der Waals surface area (Å²) in [6.45, 7) is 0.243. The molecular weight excluding hydrogens is 403 g/mol. The predicted molar refractivity (Wildman–Crippen MR) is 115 cm³/mol. The van der Waals surface area contributed by atoms with Gasteiger partial charge in [0.15, 0.2) is 0 Å². The summed E-state index contributed by atoms with van der Waals surface area (Å²) in [4.78, 5) is 28.2. The Morgan fingerprint density at radius 1 is 1.03 bits per heavy atom. The molecule has 0 saturated heterocycles. The van der Waals surface area contributed by atoms with E-state index in [1.807, 2.05) is 35.7 Å². The van der Waals surface area contributed by atoms with Crippen molar-refractivity contribution in [3.05, 3.63) is 88.0 Å². The fourth-order valence-electron chi connectivity index (χ4n) is 3.29. The van der Waals surface area contributed by atoms with Gasteiger partial charge in [0.1, 0.15) is 17.3 Å². The Balaban J connectivity index is 1.59. The number of anilines is 1. The molecule has 0 atom stereocenters. The monoisotopic (exact) mass is 422 g/mol. The maximum atomic E-state index is 13.6. The van der Waals surface area contributed by atoms with Crippen LogP contribution >= 0.6 is 11.3 Å². The van der Waals surface area contributed by atoms with Crippen LogP contribution in [0.4, 0.5) is 10.1 Å². The lowest BCUT2D eigenvalue weighted by Gasteiger charge is -2.15. The van der Waals surface area contributed by atoms with E-state index in [0.29, 0.717) is 22.6 Å². The molecule has 2 heterocycles. The van der Waals surface area contributed by atoms with Crippen molar-refractivity contribution in [1.82, 2.24) is 4.90 Å². The van der Waals surface area contributed by atoms with Crippen LogP contribution in [0.2, 0.25) is 0 Å². The van der Waals surface area contributed by atoms with Gasteiger partial charge in [0.05, 0.1) is 12.7 Å². The largest absolute Gasteiger partial charge is 0.497 e. The predicted octanol–water partition coefficient (Wildman–Crippen LogP) is 4.33. The van der Waals surface area contributed by atoms with Gasteiger partial charge in [0.25, 0.3) is 11.8 Å². The van der Waals surface area contributed by atoms with Gasteiger partial charge >= 0.3 is 0 Å². The van der Waals surface area contributed by atoms with E-state index in [1.54, 1.807) is 25.3 Å². The molecule has 2 amide bonds. The van der Waals surface area contributed by atoms with Crippen LogP contribution in [0.5, 0.6) is 5.75 Å². The van der Waals surface area contributed by atoms with E-state index in [0.717, 1.165) is 11.3 Å². The Kier molecular flexibility index (Phi) is 5.63. The first-order valence-electron chi connectivity index (χ1n) is 9.36. The van der Waals surface area contributed by atoms with Gasteiger partial charge in [-0.05, 0) is 53.8 Å². The Bertz CT molecular complexity index is 1110. The molecule has 1 aliphatic rings. The van der Waals surface area contributed by atoms with Gasteiger partial charge in [-0.15, -0.1) is 11.3 Å². The number of nitrogens with one attached hydrogen (secondary N) is 1. The number of thiophene rings is 1. The second-order valence-corrected chi connectivity index (χ2v) is 7.67. The van der Waals surface area contributed by atoms with Crippen LogP contribution in [-0.4, -0.2) is 30.4 Å². The highest BCUT2D eigenvalue weighted by Gasteiger charge is 2.39. The number of halogens is 1. The minimum absolute atomic E-state index is 0.169. The summed E-state index contributed by atoms with van der Waals surface area (Å²) in [6.07, 6.45) is 0.520. The first kappa shape index (κ1) is 19.8. The number of nitrogens with zero attached hydrogens (tertiary/aromatic N) is 1. The lowest BCUT2D eigenvalue weighted by molar-refractivity contribution is -0.136. The fraction of sp³-hybridized carbons (Fsp3) is 0.130. The number of carbonyl (C=O) groups is 2. The van der Waals surface area contributed by atoms with E-state index < -0.39 is 11.7 Å². The molecule has 1 aliphatic heterocycles. The van der Waals surface area contributed by atoms with Crippen molar-refractivity contribution in [1.29, 1.82) is 0 Å². The molecule has 1 aromatic heterocycles.